The van der Waals surface area contributed by atoms with E-state index in [1.807, 2.05) is 6.92 Å². The van der Waals surface area contributed by atoms with E-state index in [-0.39, 0.29) is 5.91 Å². The van der Waals surface area contributed by atoms with E-state index in [4.69, 9.17) is 5.11 Å². The third-order valence-electron chi connectivity index (χ3n) is 3.78. The van der Waals surface area contributed by atoms with Gasteiger partial charge in [-0.25, -0.2) is 0 Å². The Labute approximate surface area is 128 Å². The maximum absolute atomic E-state index is 12.3. The second-order valence-corrected chi connectivity index (χ2v) is 5.31. The number of carboxylic acids is 1. The van der Waals surface area contributed by atoms with Gasteiger partial charge in [0.25, 0.3) is 5.91 Å². The molecular formula is C16H19N3O3. The summed E-state index contributed by atoms with van der Waals surface area (Å²) < 4.78 is 1.67. The van der Waals surface area contributed by atoms with Gasteiger partial charge in [0.1, 0.15) is 0 Å². The summed E-state index contributed by atoms with van der Waals surface area (Å²) in [5.74, 6) is -1.67. The van der Waals surface area contributed by atoms with Crippen molar-refractivity contribution in [2.45, 2.75) is 26.7 Å². The molecule has 2 N–H and O–H groups in total. The van der Waals surface area contributed by atoms with Gasteiger partial charge in [-0.2, -0.15) is 5.10 Å². The average molecular weight is 301 g/mol. The van der Waals surface area contributed by atoms with E-state index in [0.29, 0.717) is 22.5 Å². The zero-order valence-electron chi connectivity index (χ0n) is 13.0. The number of hydrogen-bond donors (Lipinski definition) is 2. The number of amides is 1. The van der Waals surface area contributed by atoms with Gasteiger partial charge < -0.3 is 10.4 Å². The number of hydrogen-bond acceptors (Lipinski definition) is 3. The van der Waals surface area contributed by atoms with E-state index >= 15 is 0 Å². The van der Waals surface area contributed by atoms with Crippen LogP contribution in [-0.2, 0) is 11.8 Å². The van der Waals surface area contributed by atoms with Crippen molar-refractivity contribution >= 4 is 17.6 Å². The first-order chi connectivity index (χ1) is 10.3. The van der Waals surface area contributed by atoms with Crippen LogP contribution in [0.15, 0.2) is 24.3 Å². The molecule has 1 atom stereocenters. The van der Waals surface area contributed by atoms with Crippen molar-refractivity contribution in [2.24, 2.45) is 7.05 Å². The summed E-state index contributed by atoms with van der Waals surface area (Å²) in [5.41, 5.74) is 3.35. The first-order valence-electron chi connectivity index (χ1n) is 6.95. The molecule has 0 fully saturated rings. The smallest absolute Gasteiger partial charge is 0.310 e. The lowest BCUT2D eigenvalue weighted by Gasteiger charge is -2.09. The quantitative estimate of drug-likeness (QED) is 0.908. The van der Waals surface area contributed by atoms with Gasteiger partial charge in [0.2, 0.25) is 0 Å². The SMILES string of the molecule is Cc1nn(C)c(C)c1C(=O)Nc1ccc(C(C)C(=O)O)cc1. The second-order valence-electron chi connectivity index (χ2n) is 5.31. The normalized spacial score (nSPS) is 12.0. The van der Waals surface area contributed by atoms with Crippen molar-refractivity contribution in [1.29, 1.82) is 0 Å². The molecule has 1 aromatic carbocycles. The fraction of sp³-hybridized carbons (Fsp3) is 0.312. The van der Waals surface area contributed by atoms with E-state index in [9.17, 15) is 9.59 Å². The summed E-state index contributed by atoms with van der Waals surface area (Å²) >= 11 is 0. The van der Waals surface area contributed by atoms with Crippen LogP contribution in [0, 0.1) is 13.8 Å². The first kappa shape index (κ1) is 15.8. The first-order valence-corrected chi connectivity index (χ1v) is 6.95. The highest BCUT2D eigenvalue weighted by atomic mass is 16.4. The van der Waals surface area contributed by atoms with Crippen molar-refractivity contribution in [2.75, 3.05) is 5.32 Å². The number of carboxylic acid groups (broad SMARTS) is 1. The third-order valence-corrected chi connectivity index (χ3v) is 3.78. The van der Waals surface area contributed by atoms with E-state index in [1.165, 1.54) is 0 Å². The number of rotatable bonds is 4. The van der Waals surface area contributed by atoms with Gasteiger partial charge >= 0.3 is 5.97 Å². The number of benzene rings is 1. The largest absolute Gasteiger partial charge is 0.481 e. The van der Waals surface area contributed by atoms with Crippen molar-refractivity contribution in [3.63, 3.8) is 0 Å². The lowest BCUT2D eigenvalue weighted by Crippen LogP contribution is -2.14. The number of carbonyl (C=O) groups excluding carboxylic acids is 1. The Morgan fingerprint density at radius 2 is 1.82 bits per heavy atom. The molecule has 0 aliphatic heterocycles. The topological polar surface area (TPSA) is 84.2 Å². The van der Waals surface area contributed by atoms with E-state index in [1.54, 1.807) is 49.8 Å². The Bertz CT molecular complexity index is 717. The lowest BCUT2D eigenvalue weighted by molar-refractivity contribution is -0.138. The highest BCUT2D eigenvalue weighted by Gasteiger charge is 2.18. The minimum atomic E-state index is -0.876. The minimum absolute atomic E-state index is 0.220. The minimum Gasteiger partial charge on any atom is -0.481 e. The molecular weight excluding hydrogens is 282 g/mol. The van der Waals surface area contributed by atoms with E-state index < -0.39 is 11.9 Å². The Balaban J connectivity index is 2.17. The predicted octanol–water partition coefficient (Wildman–Crippen LogP) is 2.48. The lowest BCUT2D eigenvalue weighted by atomic mass is 10.0. The molecule has 1 unspecified atom stereocenters. The molecule has 6 heteroatoms. The average Bonchev–Trinajstić information content (AvgIpc) is 2.72. The Hall–Kier alpha value is -2.63. The Morgan fingerprint density at radius 1 is 1.23 bits per heavy atom. The van der Waals surface area contributed by atoms with Crippen LogP contribution in [0.3, 0.4) is 0 Å². The van der Waals surface area contributed by atoms with E-state index in [0.717, 1.165) is 5.69 Å². The van der Waals surface area contributed by atoms with Gasteiger partial charge in [0.15, 0.2) is 0 Å². The monoisotopic (exact) mass is 301 g/mol. The summed E-state index contributed by atoms with van der Waals surface area (Å²) in [6.07, 6.45) is 0. The molecule has 0 aliphatic carbocycles. The molecule has 0 aliphatic rings. The third kappa shape index (κ3) is 3.00. The van der Waals surface area contributed by atoms with Gasteiger partial charge in [-0.15, -0.1) is 0 Å². The number of anilines is 1. The molecule has 1 heterocycles. The van der Waals surface area contributed by atoms with Gasteiger partial charge in [-0.05, 0) is 38.5 Å². The summed E-state index contributed by atoms with van der Waals surface area (Å²) in [6, 6.07) is 6.82. The number of carbonyl (C=O) groups is 2. The van der Waals surface area contributed by atoms with Crippen molar-refractivity contribution in [1.82, 2.24) is 9.78 Å². The van der Waals surface area contributed by atoms with Gasteiger partial charge in [-0.3, -0.25) is 14.3 Å². The van der Waals surface area contributed by atoms with Gasteiger partial charge in [0, 0.05) is 18.4 Å². The van der Waals surface area contributed by atoms with Crippen LogP contribution in [0.5, 0.6) is 0 Å². The molecule has 0 bridgehead atoms. The number of aryl methyl sites for hydroxylation is 2. The molecule has 6 nitrogen and oxygen atoms in total. The molecule has 0 radical (unpaired) electrons. The Kier molecular flexibility index (Phi) is 4.30. The number of aliphatic carboxylic acids is 1. The summed E-state index contributed by atoms with van der Waals surface area (Å²) in [6.45, 7) is 5.25. The molecule has 0 saturated heterocycles. The van der Waals surface area contributed by atoms with Crippen LogP contribution >= 0.6 is 0 Å². The number of nitrogens with one attached hydrogen (secondary N) is 1. The number of aromatic nitrogens is 2. The zero-order chi connectivity index (χ0) is 16.4. The van der Waals surface area contributed by atoms with E-state index in [2.05, 4.69) is 10.4 Å². The van der Waals surface area contributed by atoms with Crippen LogP contribution < -0.4 is 5.32 Å². The Morgan fingerprint density at radius 3 is 2.27 bits per heavy atom. The van der Waals surface area contributed by atoms with Crippen LogP contribution in [0.4, 0.5) is 5.69 Å². The van der Waals surface area contributed by atoms with Crippen LogP contribution in [0.25, 0.3) is 0 Å². The molecule has 1 amide bonds. The maximum atomic E-state index is 12.3. The molecule has 22 heavy (non-hydrogen) atoms. The summed E-state index contributed by atoms with van der Waals surface area (Å²) in [4.78, 5) is 23.3. The molecule has 116 valence electrons. The predicted molar refractivity (Wildman–Crippen MR) is 83.1 cm³/mol. The van der Waals surface area contributed by atoms with Crippen LogP contribution in [0.2, 0.25) is 0 Å². The molecule has 1 aromatic heterocycles. The van der Waals surface area contributed by atoms with Crippen molar-refractivity contribution in [3.05, 3.63) is 46.8 Å². The van der Waals surface area contributed by atoms with Gasteiger partial charge in [0.05, 0.1) is 17.2 Å². The zero-order valence-corrected chi connectivity index (χ0v) is 13.0. The van der Waals surface area contributed by atoms with Crippen LogP contribution in [0.1, 0.15) is 40.2 Å². The second kappa shape index (κ2) is 6.01. The van der Waals surface area contributed by atoms with Crippen molar-refractivity contribution < 1.29 is 14.7 Å². The molecule has 2 aromatic rings. The maximum Gasteiger partial charge on any atom is 0.310 e. The standard InChI is InChI=1S/C16H19N3O3/c1-9(16(21)22)12-5-7-13(8-6-12)17-15(20)14-10(2)18-19(4)11(14)3/h5-9H,1-4H3,(H,17,20)(H,21,22). The highest BCUT2D eigenvalue weighted by Crippen LogP contribution is 2.20. The fourth-order valence-electron chi connectivity index (χ4n) is 2.29. The van der Waals surface area contributed by atoms with Crippen LogP contribution in [-0.4, -0.2) is 26.8 Å². The summed E-state index contributed by atoms with van der Waals surface area (Å²) in [7, 11) is 1.79. The summed E-state index contributed by atoms with van der Waals surface area (Å²) in [5, 5.41) is 16.0. The number of nitrogens with zero attached hydrogens (tertiary/aromatic N) is 2. The van der Waals surface area contributed by atoms with Gasteiger partial charge in [-0.1, -0.05) is 12.1 Å². The molecule has 0 saturated carbocycles. The highest BCUT2D eigenvalue weighted by molar-refractivity contribution is 6.05. The fourth-order valence-corrected chi connectivity index (χ4v) is 2.29. The molecule has 0 spiro atoms. The van der Waals surface area contributed by atoms with Crippen molar-refractivity contribution in [3.8, 4) is 0 Å². The molecule has 2 rings (SSSR count).